The van der Waals surface area contributed by atoms with Crippen molar-refractivity contribution in [1.82, 2.24) is 14.6 Å². The van der Waals surface area contributed by atoms with E-state index < -0.39 is 0 Å². The molecule has 2 heterocycles. The lowest BCUT2D eigenvalue weighted by molar-refractivity contribution is 0.126. The molecule has 0 amide bonds. The van der Waals surface area contributed by atoms with Gasteiger partial charge in [0.2, 0.25) is 0 Å². The Kier molecular flexibility index (Phi) is 4.65. The molecule has 1 aliphatic carbocycles. The predicted molar refractivity (Wildman–Crippen MR) is 86.2 cm³/mol. The standard InChI is InChI=1S/C15H19BrN4O/c1-21-10-12-4-2-11(3-5-12)8-17-15-18-9-14-13(16)6-7-20(14)19-15/h6-9,11-12H,2-5,10H2,1H3. The highest BCUT2D eigenvalue weighted by Crippen LogP contribution is 2.28. The second-order valence-corrected chi connectivity index (χ2v) is 6.42. The number of ether oxygens (including phenoxy) is 1. The highest BCUT2D eigenvalue weighted by atomic mass is 79.9. The van der Waals surface area contributed by atoms with E-state index in [1.165, 1.54) is 25.7 Å². The molecule has 21 heavy (non-hydrogen) atoms. The summed E-state index contributed by atoms with van der Waals surface area (Å²) >= 11 is 3.46. The number of aliphatic imine (C=N–C) groups is 1. The third kappa shape index (κ3) is 3.49. The fraction of sp³-hybridized carbons (Fsp3) is 0.533. The maximum atomic E-state index is 5.23. The van der Waals surface area contributed by atoms with E-state index in [1.807, 2.05) is 18.5 Å². The van der Waals surface area contributed by atoms with Crippen LogP contribution in [-0.4, -0.2) is 34.5 Å². The first-order valence-electron chi connectivity index (χ1n) is 7.29. The lowest BCUT2D eigenvalue weighted by atomic mass is 9.83. The molecule has 1 fully saturated rings. The summed E-state index contributed by atoms with van der Waals surface area (Å²) in [6.45, 7) is 0.881. The largest absolute Gasteiger partial charge is 0.384 e. The highest BCUT2D eigenvalue weighted by Gasteiger charge is 2.19. The van der Waals surface area contributed by atoms with Crippen LogP contribution in [0.3, 0.4) is 0 Å². The normalized spacial score (nSPS) is 23.1. The van der Waals surface area contributed by atoms with Crippen LogP contribution in [0.5, 0.6) is 0 Å². The lowest BCUT2D eigenvalue weighted by Gasteiger charge is -2.25. The first-order valence-corrected chi connectivity index (χ1v) is 8.08. The summed E-state index contributed by atoms with van der Waals surface area (Å²) in [6.07, 6.45) is 10.5. The number of rotatable bonds is 4. The lowest BCUT2D eigenvalue weighted by Crippen LogP contribution is -2.18. The summed E-state index contributed by atoms with van der Waals surface area (Å²) in [5, 5.41) is 4.38. The van der Waals surface area contributed by atoms with Gasteiger partial charge in [0, 0.05) is 30.6 Å². The Morgan fingerprint density at radius 3 is 3.00 bits per heavy atom. The molecule has 5 nitrogen and oxygen atoms in total. The van der Waals surface area contributed by atoms with Crippen LogP contribution in [-0.2, 0) is 4.74 Å². The van der Waals surface area contributed by atoms with Crippen LogP contribution in [0.25, 0.3) is 5.52 Å². The van der Waals surface area contributed by atoms with E-state index in [4.69, 9.17) is 4.74 Å². The van der Waals surface area contributed by atoms with Crippen molar-refractivity contribution in [2.45, 2.75) is 25.7 Å². The maximum Gasteiger partial charge on any atom is 0.266 e. The summed E-state index contributed by atoms with van der Waals surface area (Å²) < 4.78 is 8.01. The number of halogens is 1. The molecule has 0 spiro atoms. The summed E-state index contributed by atoms with van der Waals surface area (Å²) in [4.78, 5) is 8.73. The molecular formula is C15H19BrN4O. The predicted octanol–water partition coefficient (Wildman–Crippen LogP) is 3.65. The van der Waals surface area contributed by atoms with Crippen LogP contribution in [0, 0.1) is 11.8 Å². The van der Waals surface area contributed by atoms with Gasteiger partial charge in [0.25, 0.3) is 5.95 Å². The molecule has 2 aromatic heterocycles. The number of hydrogen-bond acceptors (Lipinski definition) is 4. The first-order chi connectivity index (χ1) is 10.3. The van der Waals surface area contributed by atoms with Crippen LogP contribution in [0.15, 0.2) is 27.9 Å². The van der Waals surface area contributed by atoms with Crippen molar-refractivity contribution >= 4 is 33.6 Å². The second kappa shape index (κ2) is 6.66. The molecule has 0 bridgehead atoms. The number of methoxy groups -OCH3 is 1. The minimum absolute atomic E-state index is 0.518. The van der Waals surface area contributed by atoms with Gasteiger partial charge in [0.1, 0.15) is 0 Å². The third-order valence-electron chi connectivity index (χ3n) is 4.05. The van der Waals surface area contributed by atoms with Crippen molar-refractivity contribution in [3.05, 3.63) is 22.9 Å². The molecule has 0 N–H and O–H groups in total. The number of nitrogens with zero attached hydrogens (tertiary/aromatic N) is 4. The Morgan fingerprint density at radius 1 is 1.43 bits per heavy atom. The minimum atomic E-state index is 0.518. The molecule has 3 rings (SSSR count). The number of aromatic nitrogens is 3. The number of fused-ring (bicyclic) bond motifs is 1. The average Bonchev–Trinajstić information content (AvgIpc) is 2.88. The van der Waals surface area contributed by atoms with E-state index in [0.29, 0.717) is 17.8 Å². The SMILES string of the molecule is COCC1CCC(C=Nc2ncc3c(Br)ccn3n2)CC1. The Hall–Kier alpha value is -1.27. The summed E-state index contributed by atoms with van der Waals surface area (Å²) in [6, 6.07) is 1.95. The number of hydrogen-bond donors (Lipinski definition) is 0. The Balaban J connectivity index is 1.62. The van der Waals surface area contributed by atoms with Gasteiger partial charge in [-0.3, -0.25) is 0 Å². The molecule has 1 saturated carbocycles. The van der Waals surface area contributed by atoms with Crippen LogP contribution in [0.1, 0.15) is 25.7 Å². The van der Waals surface area contributed by atoms with Gasteiger partial charge in [0.05, 0.1) is 11.7 Å². The highest BCUT2D eigenvalue weighted by molar-refractivity contribution is 9.10. The van der Waals surface area contributed by atoms with E-state index in [9.17, 15) is 0 Å². The van der Waals surface area contributed by atoms with Crippen LogP contribution in [0.2, 0.25) is 0 Å². The van der Waals surface area contributed by atoms with Gasteiger partial charge in [-0.05, 0) is 59.5 Å². The van der Waals surface area contributed by atoms with Crippen molar-refractivity contribution in [2.75, 3.05) is 13.7 Å². The molecule has 0 saturated heterocycles. The zero-order valence-electron chi connectivity index (χ0n) is 12.1. The smallest absolute Gasteiger partial charge is 0.266 e. The zero-order chi connectivity index (χ0) is 14.7. The molecule has 0 aromatic carbocycles. The second-order valence-electron chi connectivity index (χ2n) is 5.57. The maximum absolute atomic E-state index is 5.23. The van der Waals surface area contributed by atoms with Gasteiger partial charge in [-0.1, -0.05) is 0 Å². The molecule has 0 atom stereocenters. The molecule has 0 unspecified atom stereocenters. The van der Waals surface area contributed by atoms with Crippen molar-refractivity contribution in [1.29, 1.82) is 0 Å². The Labute approximate surface area is 132 Å². The van der Waals surface area contributed by atoms with Crippen LogP contribution >= 0.6 is 15.9 Å². The van der Waals surface area contributed by atoms with Gasteiger partial charge in [-0.2, -0.15) is 0 Å². The van der Waals surface area contributed by atoms with E-state index in [-0.39, 0.29) is 0 Å². The van der Waals surface area contributed by atoms with Crippen molar-refractivity contribution in [3.63, 3.8) is 0 Å². The molecule has 2 aromatic rings. The van der Waals surface area contributed by atoms with Crippen molar-refractivity contribution in [2.24, 2.45) is 16.8 Å². The van der Waals surface area contributed by atoms with Crippen LogP contribution < -0.4 is 0 Å². The Morgan fingerprint density at radius 2 is 2.24 bits per heavy atom. The Bertz CT molecular complexity index is 632. The van der Waals surface area contributed by atoms with E-state index in [0.717, 1.165) is 16.6 Å². The van der Waals surface area contributed by atoms with Gasteiger partial charge >= 0.3 is 0 Å². The molecular weight excluding hydrogens is 332 g/mol. The van der Waals surface area contributed by atoms with E-state index in [2.05, 4.69) is 31.0 Å². The van der Waals surface area contributed by atoms with Gasteiger partial charge in [-0.15, -0.1) is 5.10 Å². The quantitative estimate of drug-likeness (QED) is 0.790. The molecule has 6 heteroatoms. The van der Waals surface area contributed by atoms with E-state index >= 15 is 0 Å². The molecule has 112 valence electrons. The van der Waals surface area contributed by atoms with Crippen LogP contribution in [0.4, 0.5) is 5.95 Å². The molecule has 0 radical (unpaired) electrons. The first kappa shape index (κ1) is 14.7. The van der Waals surface area contributed by atoms with E-state index in [1.54, 1.807) is 17.8 Å². The average molecular weight is 351 g/mol. The molecule has 1 aliphatic rings. The zero-order valence-corrected chi connectivity index (χ0v) is 13.7. The van der Waals surface area contributed by atoms with Crippen molar-refractivity contribution in [3.8, 4) is 0 Å². The summed E-state index contributed by atoms with van der Waals surface area (Å²) in [5.74, 6) is 1.77. The fourth-order valence-electron chi connectivity index (χ4n) is 2.83. The van der Waals surface area contributed by atoms with Gasteiger partial charge < -0.3 is 4.74 Å². The fourth-order valence-corrected chi connectivity index (χ4v) is 3.23. The monoisotopic (exact) mass is 350 g/mol. The minimum Gasteiger partial charge on any atom is -0.384 e. The van der Waals surface area contributed by atoms with Crippen molar-refractivity contribution < 1.29 is 4.74 Å². The van der Waals surface area contributed by atoms with Gasteiger partial charge in [0.15, 0.2) is 0 Å². The molecule has 0 aliphatic heterocycles. The topological polar surface area (TPSA) is 51.8 Å². The summed E-state index contributed by atoms with van der Waals surface area (Å²) in [5.41, 5.74) is 0.953. The van der Waals surface area contributed by atoms with Gasteiger partial charge in [-0.25, -0.2) is 14.5 Å². The third-order valence-corrected chi connectivity index (χ3v) is 4.72. The summed E-state index contributed by atoms with van der Waals surface area (Å²) in [7, 11) is 1.78.